The summed E-state index contributed by atoms with van der Waals surface area (Å²) in [6.07, 6.45) is 9.96. The van der Waals surface area contributed by atoms with Crippen LogP contribution in [0.15, 0.2) is 0 Å². The fourth-order valence-corrected chi connectivity index (χ4v) is 1.02. The summed E-state index contributed by atoms with van der Waals surface area (Å²) in [5.41, 5.74) is -0.838. The second-order valence-corrected chi connectivity index (χ2v) is 2.99. The molecule has 0 rings (SSSR count). The van der Waals surface area contributed by atoms with Crippen molar-refractivity contribution >= 4 is 0 Å². The minimum absolute atomic E-state index is 0.660. The van der Waals surface area contributed by atoms with Gasteiger partial charge < -0.3 is 5.11 Å². The summed E-state index contributed by atoms with van der Waals surface area (Å²) in [7, 11) is 0. The lowest BCUT2D eigenvalue weighted by Gasteiger charge is -2.19. The van der Waals surface area contributed by atoms with E-state index >= 15 is 0 Å². The van der Waals surface area contributed by atoms with E-state index in [-0.39, 0.29) is 0 Å². The molecule has 0 heterocycles. The number of hydrogen-bond donors (Lipinski definition) is 1. The third-order valence-corrected chi connectivity index (χ3v) is 2.05. The van der Waals surface area contributed by atoms with Crippen LogP contribution >= 0.6 is 0 Å². The molecule has 1 atom stereocenters. The first-order chi connectivity index (χ1) is 5.18. The number of hydrogen-bond acceptors (Lipinski definition) is 1. The van der Waals surface area contributed by atoms with Gasteiger partial charge in [0.1, 0.15) is 5.60 Å². The molecule has 11 heavy (non-hydrogen) atoms. The summed E-state index contributed by atoms with van der Waals surface area (Å²) in [6.45, 7) is 4.06. The Balaban J connectivity index is 3.63. The Morgan fingerprint density at radius 3 is 2.36 bits per heavy atom. The molecule has 0 spiro atoms. The lowest BCUT2D eigenvalue weighted by molar-refractivity contribution is 0.0848. The van der Waals surface area contributed by atoms with Crippen molar-refractivity contribution in [2.24, 2.45) is 0 Å². The van der Waals surface area contributed by atoms with Gasteiger partial charge in [0.25, 0.3) is 0 Å². The zero-order valence-electron chi connectivity index (χ0n) is 7.56. The van der Waals surface area contributed by atoms with Crippen LogP contribution in [0.4, 0.5) is 0 Å². The summed E-state index contributed by atoms with van der Waals surface area (Å²) in [5.74, 6) is 2.44. The van der Waals surface area contributed by atoms with Gasteiger partial charge in [0.05, 0.1) is 0 Å². The molecule has 0 saturated carbocycles. The molecule has 0 aliphatic rings. The van der Waals surface area contributed by atoms with Gasteiger partial charge in [0, 0.05) is 0 Å². The number of aliphatic hydroxyl groups is 1. The lowest BCUT2D eigenvalue weighted by atomic mass is 9.94. The monoisotopic (exact) mass is 154 g/mol. The van der Waals surface area contributed by atoms with E-state index in [1.165, 1.54) is 6.42 Å². The van der Waals surface area contributed by atoms with Crippen LogP contribution in [-0.2, 0) is 0 Å². The molecule has 0 aliphatic heterocycles. The first-order valence-electron chi connectivity index (χ1n) is 4.38. The Morgan fingerprint density at radius 1 is 1.36 bits per heavy atom. The standard InChI is InChI=1S/C10H18O/c1-4-7-8-9-10(11,5-2)6-3/h2,11H,4,6-9H2,1,3H3/t10-/m1/s1. The average molecular weight is 154 g/mol. The minimum Gasteiger partial charge on any atom is -0.378 e. The van der Waals surface area contributed by atoms with Gasteiger partial charge in [-0.1, -0.05) is 32.6 Å². The van der Waals surface area contributed by atoms with Crippen molar-refractivity contribution in [1.82, 2.24) is 0 Å². The molecule has 0 bridgehead atoms. The summed E-state index contributed by atoms with van der Waals surface area (Å²) < 4.78 is 0. The summed E-state index contributed by atoms with van der Waals surface area (Å²) >= 11 is 0. The van der Waals surface area contributed by atoms with Gasteiger partial charge in [-0.3, -0.25) is 0 Å². The maximum atomic E-state index is 9.62. The van der Waals surface area contributed by atoms with E-state index in [1.54, 1.807) is 0 Å². The predicted octanol–water partition coefficient (Wildman–Crippen LogP) is 2.34. The van der Waals surface area contributed by atoms with Gasteiger partial charge in [0.15, 0.2) is 0 Å². The molecule has 0 fully saturated rings. The average Bonchev–Trinajstić information content (AvgIpc) is 2.05. The fraction of sp³-hybridized carbons (Fsp3) is 0.800. The van der Waals surface area contributed by atoms with Crippen molar-refractivity contribution in [3.63, 3.8) is 0 Å². The van der Waals surface area contributed by atoms with Gasteiger partial charge >= 0.3 is 0 Å². The topological polar surface area (TPSA) is 20.2 Å². The predicted molar refractivity (Wildman–Crippen MR) is 48.2 cm³/mol. The van der Waals surface area contributed by atoms with E-state index in [9.17, 15) is 5.11 Å². The SMILES string of the molecule is C#C[C@@](O)(CC)CCCCC. The summed E-state index contributed by atoms with van der Waals surface area (Å²) in [5, 5.41) is 9.62. The highest BCUT2D eigenvalue weighted by Gasteiger charge is 2.19. The quantitative estimate of drug-likeness (QED) is 0.476. The van der Waals surface area contributed by atoms with E-state index in [0.717, 1.165) is 19.3 Å². The molecule has 0 aromatic rings. The van der Waals surface area contributed by atoms with Crippen LogP contribution in [0, 0.1) is 12.3 Å². The highest BCUT2D eigenvalue weighted by Crippen LogP contribution is 2.17. The van der Waals surface area contributed by atoms with Crippen molar-refractivity contribution in [3.05, 3.63) is 0 Å². The van der Waals surface area contributed by atoms with Crippen molar-refractivity contribution in [2.45, 2.75) is 51.6 Å². The zero-order chi connectivity index (χ0) is 8.74. The highest BCUT2D eigenvalue weighted by molar-refractivity contribution is 5.06. The van der Waals surface area contributed by atoms with Crippen LogP contribution in [-0.4, -0.2) is 10.7 Å². The first-order valence-corrected chi connectivity index (χ1v) is 4.38. The number of unbranched alkanes of at least 4 members (excludes halogenated alkanes) is 2. The van der Waals surface area contributed by atoms with Crippen LogP contribution in [0.2, 0.25) is 0 Å². The van der Waals surface area contributed by atoms with Gasteiger partial charge in [-0.15, -0.1) is 6.42 Å². The first kappa shape index (κ1) is 10.5. The third kappa shape index (κ3) is 4.06. The molecule has 0 amide bonds. The van der Waals surface area contributed by atoms with E-state index in [2.05, 4.69) is 12.8 Å². The van der Waals surface area contributed by atoms with Crippen molar-refractivity contribution < 1.29 is 5.11 Å². The Morgan fingerprint density at radius 2 is 2.00 bits per heavy atom. The lowest BCUT2D eigenvalue weighted by Crippen LogP contribution is -2.24. The molecule has 0 radical (unpaired) electrons. The van der Waals surface area contributed by atoms with Gasteiger partial charge in [-0.2, -0.15) is 0 Å². The van der Waals surface area contributed by atoms with Crippen LogP contribution in [0.3, 0.4) is 0 Å². The Labute approximate surface area is 69.8 Å². The molecule has 64 valence electrons. The molecule has 1 N–H and O–H groups in total. The van der Waals surface area contributed by atoms with Crippen LogP contribution in [0.5, 0.6) is 0 Å². The van der Waals surface area contributed by atoms with E-state index < -0.39 is 5.60 Å². The van der Waals surface area contributed by atoms with Gasteiger partial charge in [-0.05, 0) is 19.3 Å². The van der Waals surface area contributed by atoms with Crippen LogP contribution in [0.25, 0.3) is 0 Å². The molecular weight excluding hydrogens is 136 g/mol. The van der Waals surface area contributed by atoms with Crippen molar-refractivity contribution in [2.75, 3.05) is 0 Å². The Bertz CT molecular complexity index is 134. The molecule has 0 unspecified atom stereocenters. The molecule has 1 nitrogen and oxygen atoms in total. The number of rotatable bonds is 5. The van der Waals surface area contributed by atoms with Crippen LogP contribution in [0.1, 0.15) is 46.0 Å². The van der Waals surface area contributed by atoms with E-state index in [1.807, 2.05) is 6.92 Å². The zero-order valence-corrected chi connectivity index (χ0v) is 7.56. The maximum Gasteiger partial charge on any atom is 0.125 e. The molecule has 1 heteroatoms. The van der Waals surface area contributed by atoms with Gasteiger partial charge in [-0.25, -0.2) is 0 Å². The Hall–Kier alpha value is -0.480. The highest BCUT2D eigenvalue weighted by atomic mass is 16.3. The largest absolute Gasteiger partial charge is 0.378 e. The molecule has 0 saturated heterocycles. The van der Waals surface area contributed by atoms with Crippen molar-refractivity contribution in [1.29, 1.82) is 0 Å². The van der Waals surface area contributed by atoms with E-state index in [0.29, 0.717) is 6.42 Å². The van der Waals surface area contributed by atoms with Crippen molar-refractivity contribution in [3.8, 4) is 12.3 Å². The number of terminal acetylenes is 1. The second kappa shape index (κ2) is 5.21. The summed E-state index contributed by atoms with van der Waals surface area (Å²) in [4.78, 5) is 0. The Kier molecular flexibility index (Phi) is 4.98. The summed E-state index contributed by atoms with van der Waals surface area (Å²) in [6, 6.07) is 0. The van der Waals surface area contributed by atoms with Gasteiger partial charge in [0.2, 0.25) is 0 Å². The third-order valence-electron chi connectivity index (χ3n) is 2.05. The van der Waals surface area contributed by atoms with Crippen LogP contribution < -0.4 is 0 Å². The second-order valence-electron chi connectivity index (χ2n) is 2.99. The minimum atomic E-state index is -0.838. The smallest absolute Gasteiger partial charge is 0.125 e. The maximum absolute atomic E-state index is 9.62. The normalized spacial score (nSPS) is 15.5. The molecule has 0 aromatic heterocycles. The molecule has 0 aromatic carbocycles. The molecular formula is C10H18O. The van der Waals surface area contributed by atoms with E-state index in [4.69, 9.17) is 6.42 Å². The molecule has 0 aliphatic carbocycles. The fourth-order valence-electron chi connectivity index (χ4n) is 1.02.